The molecule has 0 aromatic carbocycles. The van der Waals surface area contributed by atoms with Crippen molar-refractivity contribution < 1.29 is 17.6 Å². The van der Waals surface area contributed by atoms with E-state index in [2.05, 4.69) is 4.72 Å². The Balaban J connectivity index is 1.94. The topological polar surface area (TPSA) is 93.7 Å². The minimum atomic E-state index is -3.85. The number of rotatable bonds is 4. The lowest BCUT2D eigenvalue weighted by Gasteiger charge is -2.19. The highest BCUT2D eigenvalue weighted by Gasteiger charge is 2.26. The molecule has 7 nitrogen and oxygen atoms in total. The SMILES string of the molecule is Cc1ccn(C(=O)c2ccc(S(=O)(=O)NC(C)(C)C)o2)c(=NC2CCCCC2)c1. The van der Waals surface area contributed by atoms with Crippen molar-refractivity contribution in [2.75, 3.05) is 0 Å². The Morgan fingerprint density at radius 3 is 2.52 bits per heavy atom. The quantitative estimate of drug-likeness (QED) is 0.822. The number of aryl methyl sites for hydroxylation is 1. The van der Waals surface area contributed by atoms with Crippen LogP contribution in [-0.4, -0.2) is 30.5 Å². The summed E-state index contributed by atoms with van der Waals surface area (Å²) in [7, 11) is -3.85. The molecule has 1 aliphatic rings. The molecule has 2 aromatic heterocycles. The average molecular weight is 420 g/mol. The smallest absolute Gasteiger partial charge is 0.299 e. The average Bonchev–Trinajstić information content (AvgIpc) is 3.11. The first-order chi connectivity index (χ1) is 13.5. The fourth-order valence-electron chi connectivity index (χ4n) is 3.41. The summed E-state index contributed by atoms with van der Waals surface area (Å²) in [6, 6.07) is 6.58. The van der Waals surface area contributed by atoms with Gasteiger partial charge in [-0.1, -0.05) is 19.3 Å². The van der Waals surface area contributed by atoms with E-state index in [-0.39, 0.29) is 16.9 Å². The highest BCUT2D eigenvalue weighted by atomic mass is 32.2. The van der Waals surface area contributed by atoms with Gasteiger partial charge in [-0.3, -0.25) is 14.4 Å². The molecule has 1 N–H and O–H groups in total. The summed E-state index contributed by atoms with van der Waals surface area (Å²) >= 11 is 0. The Labute approximate surface area is 171 Å². The van der Waals surface area contributed by atoms with Crippen LogP contribution in [0, 0.1) is 6.92 Å². The zero-order valence-corrected chi connectivity index (χ0v) is 18.3. The van der Waals surface area contributed by atoms with Crippen LogP contribution in [0.25, 0.3) is 0 Å². The zero-order valence-electron chi connectivity index (χ0n) is 17.4. The van der Waals surface area contributed by atoms with E-state index in [1.807, 2.05) is 19.1 Å². The Kier molecular flexibility index (Phi) is 6.14. The van der Waals surface area contributed by atoms with Crippen LogP contribution in [0.3, 0.4) is 0 Å². The molecule has 0 atom stereocenters. The van der Waals surface area contributed by atoms with Crippen LogP contribution in [-0.2, 0) is 10.0 Å². The molecule has 2 aromatic rings. The van der Waals surface area contributed by atoms with E-state index >= 15 is 0 Å². The second-order valence-corrected chi connectivity index (χ2v) is 10.2. The molecule has 29 heavy (non-hydrogen) atoms. The molecule has 8 heteroatoms. The molecule has 3 rings (SSSR count). The van der Waals surface area contributed by atoms with E-state index in [9.17, 15) is 13.2 Å². The van der Waals surface area contributed by atoms with Crippen LogP contribution in [0.4, 0.5) is 0 Å². The third kappa shape index (κ3) is 5.45. The molecule has 1 aliphatic carbocycles. The van der Waals surface area contributed by atoms with Crippen molar-refractivity contribution >= 4 is 15.9 Å². The van der Waals surface area contributed by atoms with Crippen molar-refractivity contribution in [3.63, 3.8) is 0 Å². The number of aromatic nitrogens is 1. The number of hydrogen-bond donors (Lipinski definition) is 1. The summed E-state index contributed by atoms with van der Waals surface area (Å²) in [5.74, 6) is -0.495. The van der Waals surface area contributed by atoms with Crippen LogP contribution >= 0.6 is 0 Å². The van der Waals surface area contributed by atoms with Crippen LogP contribution in [0.5, 0.6) is 0 Å². The van der Waals surface area contributed by atoms with Crippen molar-refractivity contribution in [3.05, 3.63) is 47.3 Å². The Hall–Kier alpha value is -2.19. The summed E-state index contributed by atoms with van der Waals surface area (Å²) in [5, 5.41) is -0.283. The molecule has 0 radical (unpaired) electrons. The second-order valence-electron chi connectivity index (χ2n) is 8.63. The minimum absolute atomic E-state index is 0.0479. The maximum atomic E-state index is 13.0. The fraction of sp³-hybridized carbons (Fsp3) is 0.524. The summed E-state index contributed by atoms with van der Waals surface area (Å²) in [5.41, 5.74) is 0.907. The van der Waals surface area contributed by atoms with Crippen molar-refractivity contribution in [1.29, 1.82) is 0 Å². The number of pyridine rings is 1. The number of hydrogen-bond acceptors (Lipinski definition) is 5. The lowest BCUT2D eigenvalue weighted by atomic mass is 9.96. The van der Waals surface area contributed by atoms with Crippen LogP contribution in [0.2, 0.25) is 0 Å². The molecule has 1 fully saturated rings. The molecule has 158 valence electrons. The number of nitrogens with zero attached hydrogens (tertiary/aromatic N) is 2. The Morgan fingerprint density at radius 1 is 1.17 bits per heavy atom. The van der Waals surface area contributed by atoms with Gasteiger partial charge in [0.15, 0.2) is 5.76 Å². The molecular weight excluding hydrogens is 390 g/mol. The van der Waals surface area contributed by atoms with Gasteiger partial charge in [-0.05, 0) is 70.4 Å². The number of carbonyl (C=O) groups is 1. The maximum absolute atomic E-state index is 13.0. The van der Waals surface area contributed by atoms with E-state index in [1.165, 1.54) is 23.1 Å². The van der Waals surface area contributed by atoms with Crippen molar-refractivity contribution in [2.45, 2.75) is 76.5 Å². The highest BCUT2D eigenvalue weighted by molar-refractivity contribution is 7.89. The first kappa shape index (κ1) is 21.5. The molecule has 0 spiro atoms. The number of nitrogens with one attached hydrogen (secondary N) is 1. The normalized spacial score (nSPS) is 16.9. The number of carbonyl (C=O) groups excluding carboxylic acids is 1. The second kappa shape index (κ2) is 8.28. The van der Waals surface area contributed by atoms with E-state index in [1.54, 1.807) is 27.0 Å². The predicted octanol–water partition coefficient (Wildman–Crippen LogP) is 3.39. The van der Waals surface area contributed by atoms with Gasteiger partial charge in [-0.2, -0.15) is 0 Å². The van der Waals surface area contributed by atoms with Gasteiger partial charge in [0, 0.05) is 11.7 Å². The predicted molar refractivity (Wildman–Crippen MR) is 110 cm³/mol. The van der Waals surface area contributed by atoms with Gasteiger partial charge in [0.25, 0.3) is 15.9 Å². The number of sulfonamides is 1. The van der Waals surface area contributed by atoms with E-state index in [0.717, 1.165) is 31.2 Å². The largest absolute Gasteiger partial charge is 0.438 e. The molecule has 2 heterocycles. The monoisotopic (exact) mass is 419 g/mol. The van der Waals surface area contributed by atoms with Gasteiger partial charge in [0.05, 0.1) is 6.04 Å². The molecule has 0 unspecified atom stereocenters. The Bertz CT molecular complexity index is 1050. The lowest BCUT2D eigenvalue weighted by molar-refractivity contribution is 0.0921. The van der Waals surface area contributed by atoms with Crippen LogP contribution in [0.1, 0.15) is 69.0 Å². The van der Waals surface area contributed by atoms with Crippen LogP contribution < -0.4 is 10.2 Å². The standard InChI is InChI=1S/C21H29N3O4S/c1-15-12-13-24(18(14-15)22-16-8-6-5-7-9-16)20(25)17-10-11-19(28-17)29(26,27)23-21(2,3)4/h10-14,16,23H,5-9H2,1-4H3. The third-order valence-corrected chi connectivity index (χ3v) is 6.33. The first-order valence-corrected chi connectivity index (χ1v) is 11.5. The van der Waals surface area contributed by atoms with E-state index in [4.69, 9.17) is 9.41 Å². The number of furan rings is 1. The van der Waals surface area contributed by atoms with Gasteiger partial charge >= 0.3 is 0 Å². The van der Waals surface area contributed by atoms with Gasteiger partial charge in [-0.25, -0.2) is 13.1 Å². The molecule has 0 bridgehead atoms. The third-order valence-electron chi connectivity index (χ3n) is 4.70. The fourth-order valence-corrected chi connectivity index (χ4v) is 4.76. The molecule has 0 amide bonds. The summed E-state index contributed by atoms with van der Waals surface area (Å²) < 4.78 is 34.3. The molecular formula is C21H29N3O4S. The maximum Gasteiger partial charge on any atom is 0.299 e. The van der Waals surface area contributed by atoms with Crippen molar-refractivity contribution in [1.82, 2.24) is 9.29 Å². The first-order valence-electron chi connectivity index (χ1n) is 9.97. The van der Waals surface area contributed by atoms with E-state index in [0.29, 0.717) is 5.49 Å². The summed E-state index contributed by atoms with van der Waals surface area (Å²) in [4.78, 5) is 17.8. The summed E-state index contributed by atoms with van der Waals surface area (Å²) in [6.45, 7) is 7.16. The van der Waals surface area contributed by atoms with Crippen molar-refractivity contribution in [3.8, 4) is 0 Å². The van der Waals surface area contributed by atoms with E-state index < -0.39 is 21.5 Å². The van der Waals surface area contributed by atoms with Crippen molar-refractivity contribution in [2.24, 2.45) is 4.99 Å². The molecule has 0 aliphatic heterocycles. The van der Waals surface area contributed by atoms with Gasteiger partial charge in [0.2, 0.25) is 5.09 Å². The van der Waals surface area contributed by atoms with Gasteiger partial charge < -0.3 is 4.42 Å². The summed E-state index contributed by atoms with van der Waals surface area (Å²) in [6.07, 6.45) is 7.21. The molecule has 1 saturated carbocycles. The van der Waals surface area contributed by atoms with Gasteiger partial charge in [-0.15, -0.1) is 0 Å². The van der Waals surface area contributed by atoms with Gasteiger partial charge in [0.1, 0.15) is 5.49 Å². The zero-order chi connectivity index (χ0) is 21.2. The van der Waals surface area contributed by atoms with Crippen LogP contribution in [0.15, 0.2) is 45.0 Å². The Morgan fingerprint density at radius 2 is 1.86 bits per heavy atom. The minimum Gasteiger partial charge on any atom is -0.438 e. The lowest BCUT2D eigenvalue weighted by Crippen LogP contribution is -2.40. The highest BCUT2D eigenvalue weighted by Crippen LogP contribution is 2.20. The molecule has 0 saturated heterocycles.